The topological polar surface area (TPSA) is 85.3 Å². The Hall–Kier alpha value is -2.02. The summed E-state index contributed by atoms with van der Waals surface area (Å²) in [7, 11) is -4.09. The number of hydrogen-bond donors (Lipinski definition) is 0. The SMILES string of the molecule is O=C(Cl)c1ccc2c(c1)S(=O)(=O)c1cc(C(=O)Cl)ccc1C2=O. The van der Waals surface area contributed by atoms with Crippen LogP contribution < -0.4 is 0 Å². The van der Waals surface area contributed by atoms with Crippen LogP contribution in [0.2, 0.25) is 0 Å². The van der Waals surface area contributed by atoms with Crippen molar-refractivity contribution in [3.8, 4) is 0 Å². The van der Waals surface area contributed by atoms with Crippen LogP contribution in [0.15, 0.2) is 46.2 Å². The first-order valence-corrected chi connectivity index (χ1v) is 8.45. The zero-order chi connectivity index (χ0) is 16.9. The molecule has 0 N–H and O–H groups in total. The van der Waals surface area contributed by atoms with Crippen LogP contribution in [-0.2, 0) is 9.84 Å². The number of benzene rings is 2. The number of sulfone groups is 1. The van der Waals surface area contributed by atoms with E-state index in [0.29, 0.717) is 0 Å². The van der Waals surface area contributed by atoms with E-state index in [0.717, 1.165) is 12.1 Å². The van der Waals surface area contributed by atoms with E-state index < -0.39 is 26.1 Å². The van der Waals surface area contributed by atoms with Crippen molar-refractivity contribution in [3.63, 3.8) is 0 Å². The molecule has 0 radical (unpaired) electrons. The molecule has 0 atom stereocenters. The highest BCUT2D eigenvalue weighted by molar-refractivity contribution is 7.91. The Morgan fingerprint density at radius 3 is 1.52 bits per heavy atom. The molecule has 2 aromatic carbocycles. The highest BCUT2D eigenvalue weighted by atomic mass is 35.5. The van der Waals surface area contributed by atoms with Crippen molar-refractivity contribution in [2.75, 3.05) is 0 Å². The summed E-state index contributed by atoms with van der Waals surface area (Å²) >= 11 is 10.7. The van der Waals surface area contributed by atoms with E-state index >= 15 is 0 Å². The standard InChI is InChI=1S/C15H6Cl2O5S/c16-14(19)7-1-3-9-11(5-7)23(21,22)12-6-8(15(17)20)2-4-10(12)13(9)18/h1-6H. The molecule has 0 fully saturated rings. The second-order valence-electron chi connectivity index (χ2n) is 4.80. The fraction of sp³-hybridized carbons (Fsp3) is 0. The Morgan fingerprint density at radius 2 is 1.17 bits per heavy atom. The molecule has 5 nitrogen and oxygen atoms in total. The van der Waals surface area contributed by atoms with Crippen LogP contribution >= 0.6 is 23.2 Å². The molecule has 0 aromatic heterocycles. The third-order valence-corrected chi connectivity index (χ3v) is 5.76. The van der Waals surface area contributed by atoms with Crippen LogP contribution in [-0.4, -0.2) is 24.7 Å². The number of carbonyl (C=O) groups excluding carboxylic acids is 3. The quantitative estimate of drug-likeness (QED) is 0.649. The fourth-order valence-electron chi connectivity index (χ4n) is 2.37. The highest BCUT2D eigenvalue weighted by Crippen LogP contribution is 2.35. The van der Waals surface area contributed by atoms with Gasteiger partial charge in [0.05, 0.1) is 9.79 Å². The van der Waals surface area contributed by atoms with Gasteiger partial charge in [0.15, 0.2) is 5.78 Å². The number of rotatable bonds is 2. The van der Waals surface area contributed by atoms with Crippen molar-refractivity contribution >= 4 is 49.3 Å². The molecule has 0 bridgehead atoms. The van der Waals surface area contributed by atoms with Gasteiger partial charge in [0, 0.05) is 22.3 Å². The van der Waals surface area contributed by atoms with E-state index in [2.05, 4.69) is 0 Å². The van der Waals surface area contributed by atoms with Gasteiger partial charge >= 0.3 is 0 Å². The molecule has 1 aliphatic heterocycles. The van der Waals surface area contributed by atoms with Gasteiger partial charge in [-0.05, 0) is 59.6 Å². The second kappa shape index (κ2) is 5.26. The van der Waals surface area contributed by atoms with Crippen LogP contribution in [0.3, 0.4) is 0 Å². The zero-order valence-electron chi connectivity index (χ0n) is 11.2. The molecule has 0 saturated carbocycles. The summed E-state index contributed by atoms with van der Waals surface area (Å²) < 4.78 is 25.5. The molecule has 1 aliphatic rings. The second-order valence-corrected chi connectivity index (χ2v) is 7.37. The minimum Gasteiger partial charge on any atom is -0.289 e. The molecule has 2 aromatic rings. The summed E-state index contributed by atoms with van der Waals surface area (Å²) in [6.45, 7) is 0. The van der Waals surface area contributed by atoms with Crippen LogP contribution in [0.25, 0.3) is 0 Å². The Kier molecular flexibility index (Phi) is 3.63. The van der Waals surface area contributed by atoms with E-state index in [1.54, 1.807) is 0 Å². The summed E-state index contributed by atoms with van der Waals surface area (Å²) in [5.74, 6) is -0.521. The summed E-state index contributed by atoms with van der Waals surface area (Å²) in [5.41, 5.74) is -0.196. The molecule has 0 amide bonds. The molecule has 0 unspecified atom stereocenters. The molecular weight excluding hydrogens is 363 g/mol. The average molecular weight is 369 g/mol. The van der Waals surface area contributed by atoms with Gasteiger partial charge in [-0.15, -0.1) is 0 Å². The van der Waals surface area contributed by atoms with Crippen LogP contribution in [0, 0.1) is 0 Å². The van der Waals surface area contributed by atoms with Gasteiger partial charge in [0.2, 0.25) is 9.84 Å². The molecule has 23 heavy (non-hydrogen) atoms. The first kappa shape index (κ1) is 15.9. The Bertz CT molecular complexity index is 935. The number of halogens is 2. The predicted octanol–water partition coefficient (Wildman–Crippen LogP) is 2.82. The van der Waals surface area contributed by atoms with Crippen molar-refractivity contribution in [1.82, 2.24) is 0 Å². The lowest BCUT2D eigenvalue weighted by Crippen LogP contribution is -2.21. The maximum Gasteiger partial charge on any atom is 0.252 e. The molecule has 0 spiro atoms. The van der Waals surface area contributed by atoms with E-state index in [4.69, 9.17) is 23.2 Å². The number of carbonyl (C=O) groups is 3. The summed E-state index contributed by atoms with van der Waals surface area (Å²) in [6.07, 6.45) is 0. The Balaban J connectivity index is 2.35. The maximum absolute atomic E-state index is 12.7. The van der Waals surface area contributed by atoms with Crippen LogP contribution in [0.5, 0.6) is 0 Å². The lowest BCUT2D eigenvalue weighted by Gasteiger charge is -2.19. The molecular formula is C15H6Cl2O5S. The minimum atomic E-state index is -4.09. The number of hydrogen-bond acceptors (Lipinski definition) is 5. The summed E-state index contributed by atoms with van der Waals surface area (Å²) in [6, 6.07) is 7.15. The maximum atomic E-state index is 12.7. The number of fused-ring (bicyclic) bond motifs is 2. The van der Waals surface area contributed by atoms with Gasteiger partial charge in [0.1, 0.15) is 0 Å². The molecule has 8 heteroatoms. The van der Waals surface area contributed by atoms with Crippen molar-refractivity contribution in [1.29, 1.82) is 0 Å². The lowest BCUT2D eigenvalue weighted by atomic mass is 10.00. The summed E-state index contributed by atoms with van der Waals surface area (Å²) in [4.78, 5) is 34.3. The normalized spacial score (nSPS) is 14.8. The van der Waals surface area contributed by atoms with Crippen molar-refractivity contribution in [2.45, 2.75) is 9.79 Å². The third-order valence-electron chi connectivity index (χ3n) is 3.49. The van der Waals surface area contributed by atoms with Crippen molar-refractivity contribution in [3.05, 3.63) is 58.7 Å². The predicted molar refractivity (Wildman–Crippen MR) is 82.1 cm³/mol. The number of ketones is 1. The van der Waals surface area contributed by atoms with E-state index in [1.165, 1.54) is 24.3 Å². The first-order chi connectivity index (χ1) is 10.7. The molecule has 1 heterocycles. The van der Waals surface area contributed by atoms with Crippen molar-refractivity contribution < 1.29 is 22.8 Å². The third kappa shape index (κ3) is 2.39. The van der Waals surface area contributed by atoms with E-state index in [1.807, 2.05) is 0 Å². The van der Waals surface area contributed by atoms with Gasteiger partial charge < -0.3 is 0 Å². The first-order valence-electron chi connectivity index (χ1n) is 6.21. The van der Waals surface area contributed by atoms with Gasteiger partial charge in [-0.2, -0.15) is 0 Å². The van der Waals surface area contributed by atoms with Gasteiger partial charge in [-0.25, -0.2) is 8.42 Å². The zero-order valence-corrected chi connectivity index (χ0v) is 13.5. The van der Waals surface area contributed by atoms with Gasteiger partial charge in [-0.3, -0.25) is 14.4 Å². The molecule has 0 aliphatic carbocycles. The van der Waals surface area contributed by atoms with Crippen LogP contribution in [0.4, 0.5) is 0 Å². The molecule has 3 rings (SSSR count). The molecule has 0 saturated heterocycles. The van der Waals surface area contributed by atoms with Gasteiger partial charge in [-0.1, -0.05) is 0 Å². The van der Waals surface area contributed by atoms with Crippen molar-refractivity contribution in [2.24, 2.45) is 0 Å². The largest absolute Gasteiger partial charge is 0.289 e. The fourth-order valence-corrected chi connectivity index (χ4v) is 4.31. The average Bonchev–Trinajstić information content (AvgIpc) is 2.51. The smallest absolute Gasteiger partial charge is 0.252 e. The minimum absolute atomic E-state index is 0.0465. The Morgan fingerprint density at radius 1 is 0.783 bits per heavy atom. The van der Waals surface area contributed by atoms with Crippen LogP contribution in [0.1, 0.15) is 36.6 Å². The van der Waals surface area contributed by atoms with Gasteiger partial charge in [0.25, 0.3) is 10.5 Å². The monoisotopic (exact) mass is 368 g/mol. The van der Waals surface area contributed by atoms with E-state index in [9.17, 15) is 22.8 Å². The summed E-state index contributed by atoms with van der Waals surface area (Å²) in [5, 5.41) is -1.68. The lowest BCUT2D eigenvalue weighted by molar-refractivity contribution is 0.102. The Labute approximate surface area is 140 Å². The molecule has 116 valence electrons. The highest BCUT2D eigenvalue weighted by Gasteiger charge is 2.35. The van der Waals surface area contributed by atoms with E-state index in [-0.39, 0.29) is 32.0 Å².